The Morgan fingerprint density at radius 1 is 1.47 bits per heavy atom. The van der Waals surface area contributed by atoms with Gasteiger partial charge in [-0.15, -0.1) is 0 Å². The summed E-state index contributed by atoms with van der Waals surface area (Å²) < 4.78 is 6.38. The van der Waals surface area contributed by atoms with Crippen molar-refractivity contribution in [1.82, 2.24) is 9.78 Å². The first kappa shape index (κ1) is 16.0. The molecule has 1 rings (SSSR count). The van der Waals surface area contributed by atoms with Gasteiger partial charge < -0.3 is 10.1 Å². The molecule has 1 aromatic rings. The van der Waals surface area contributed by atoms with Gasteiger partial charge in [-0.1, -0.05) is 25.4 Å². The third-order valence-corrected chi connectivity index (χ3v) is 2.98. The quantitative estimate of drug-likeness (QED) is 0.746. The molecule has 19 heavy (non-hydrogen) atoms. The van der Waals surface area contributed by atoms with E-state index >= 15 is 0 Å². The predicted octanol–water partition coefficient (Wildman–Crippen LogP) is 2.39. The van der Waals surface area contributed by atoms with Crippen LogP contribution in [0.4, 0.5) is 5.69 Å². The van der Waals surface area contributed by atoms with Crippen LogP contribution in [0.2, 0.25) is 5.02 Å². The minimum absolute atomic E-state index is 0.211. The summed E-state index contributed by atoms with van der Waals surface area (Å²) in [7, 11) is 1.68. The van der Waals surface area contributed by atoms with E-state index in [0.29, 0.717) is 18.2 Å². The van der Waals surface area contributed by atoms with E-state index in [-0.39, 0.29) is 10.6 Å². The van der Waals surface area contributed by atoms with Crippen molar-refractivity contribution >= 4 is 17.3 Å². The summed E-state index contributed by atoms with van der Waals surface area (Å²) in [6.07, 6.45) is 3.54. The van der Waals surface area contributed by atoms with Crippen LogP contribution in [0.15, 0.2) is 11.0 Å². The van der Waals surface area contributed by atoms with Gasteiger partial charge in [0.25, 0.3) is 5.56 Å². The molecular formula is C13H22ClN3O2. The van der Waals surface area contributed by atoms with E-state index in [9.17, 15) is 4.79 Å². The normalized spacial score (nSPS) is 11.0. The molecule has 6 heteroatoms. The molecule has 0 bridgehead atoms. The average molecular weight is 288 g/mol. The van der Waals surface area contributed by atoms with Crippen molar-refractivity contribution in [2.45, 2.75) is 33.2 Å². The van der Waals surface area contributed by atoms with Crippen molar-refractivity contribution < 1.29 is 4.74 Å². The molecule has 0 amide bonds. The van der Waals surface area contributed by atoms with Gasteiger partial charge in [0.1, 0.15) is 5.02 Å². The van der Waals surface area contributed by atoms with Crippen molar-refractivity contribution in [3.05, 3.63) is 21.6 Å². The number of nitrogens with zero attached hydrogens (tertiary/aromatic N) is 2. The first-order chi connectivity index (χ1) is 9.06. The summed E-state index contributed by atoms with van der Waals surface area (Å²) in [5, 5.41) is 7.47. The third kappa shape index (κ3) is 5.20. The van der Waals surface area contributed by atoms with Crippen LogP contribution in [0.1, 0.15) is 26.7 Å². The Balaban J connectivity index is 2.61. The molecule has 0 saturated heterocycles. The number of aromatic nitrogens is 2. The summed E-state index contributed by atoms with van der Waals surface area (Å²) in [5.74, 6) is 0.356. The second kappa shape index (κ2) is 8.17. The SMILES string of the molecule is COCCCCNc1cnn(CC(C)C)c(=O)c1Cl. The van der Waals surface area contributed by atoms with Crippen LogP contribution in [0.5, 0.6) is 0 Å². The van der Waals surface area contributed by atoms with Gasteiger partial charge >= 0.3 is 0 Å². The van der Waals surface area contributed by atoms with E-state index in [1.54, 1.807) is 13.3 Å². The van der Waals surface area contributed by atoms with Crippen molar-refractivity contribution in [2.24, 2.45) is 5.92 Å². The van der Waals surface area contributed by atoms with E-state index in [1.165, 1.54) is 4.68 Å². The van der Waals surface area contributed by atoms with Gasteiger partial charge in [0.15, 0.2) is 0 Å². The smallest absolute Gasteiger partial charge is 0.287 e. The van der Waals surface area contributed by atoms with Gasteiger partial charge in [-0.3, -0.25) is 4.79 Å². The van der Waals surface area contributed by atoms with E-state index < -0.39 is 0 Å². The second-order valence-corrected chi connectivity index (χ2v) is 5.26. The van der Waals surface area contributed by atoms with Crippen LogP contribution in [-0.4, -0.2) is 30.0 Å². The number of ether oxygens (including phenoxy) is 1. The highest BCUT2D eigenvalue weighted by molar-refractivity contribution is 6.32. The van der Waals surface area contributed by atoms with Gasteiger partial charge in [-0.25, -0.2) is 4.68 Å². The summed E-state index contributed by atoms with van der Waals surface area (Å²) in [5.41, 5.74) is 0.362. The number of hydrogen-bond acceptors (Lipinski definition) is 4. The lowest BCUT2D eigenvalue weighted by molar-refractivity contribution is 0.194. The maximum absolute atomic E-state index is 12.0. The number of methoxy groups -OCH3 is 1. The Morgan fingerprint density at radius 2 is 2.21 bits per heavy atom. The largest absolute Gasteiger partial charge is 0.385 e. The highest BCUT2D eigenvalue weighted by Crippen LogP contribution is 2.15. The van der Waals surface area contributed by atoms with Gasteiger partial charge in [-0.2, -0.15) is 5.10 Å². The van der Waals surface area contributed by atoms with Crippen molar-refractivity contribution in [2.75, 3.05) is 25.6 Å². The number of rotatable bonds is 8. The number of nitrogens with one attached hydrogen (secondary N) is 1. The first-order valence-corrected chi connectivity index (χ1v) is 6.92. The predicted molar refractivity (Wildman–Crippen MR) is 77.9 cm³/mol. The molecule has 0 aliphatic heterocycles. The molecule has 0 spiro atoms. The van der Waals surface area contributed by atoms with E-state index in [2.05, 4.69) is 10.4 Å². The van der Waals surface area contributed by atoms with E-state index in [4.69, 9.17) is 16.3 Å². The molecule has 0 saturated carbocycles. The van der Waals surface area contributed by atoms with Crippen LogP contribution in [0, 0.1) is 5.92 Å². The Bertz CT molecular complexity index is 446. The van der Waals surface area contributed by atoms with Crippen molar-refractivity contribution in [1.29, 1.82) is 0 Å². The highest BCUT2D eigenvalue weighted by atomic mass is 35.5. The highest BCUT2D eigenvalue weighted by Gasteiger charge is 2.09. The fraction of sp³-hybridized carbons (Fsp3) is 0.692. The summed E-state index contributed by atoms with van der Waals surface area (Å²) in [4.78, 5) is 12.0. The lowest BCUT2D eigenvalue weighted by Gasteiger charge is -2.11. The van der Waals surface area contributed by atoms with Crippen LogP contribution >= 0.6 is 11.6 Å². The molecule has 0 atom stereocenters. The first-order valence-electron chi connectivity index (χ1n) is 6.54. The Kier molecular flexibility index (Phi) is 6.87. The van der Waals surface area contributed by atoms with Crippen LogP contribution < -0.4 is 10.9 Å². The Hall–Kier alpha value is -1.07. The van der Waals surface area contributed by atoms with Crippen molar-refractivity contribution in [3.63, 3.8) is 0 Å². The molecule has 0 fully saturated rings. The standard InChI is InChI=1S/C13H22ClN3O2/c1-10(2)9-17-13(18)12(14)11(8-16-17)15-6-4-5-7-19-3/h8,10,15H,4-7,9H2,1-3H3. The van der Waals surface area contributed by atoms with Crippen LogP contribution in [0.25, 0.3) is 0 Å². The Morgan fingerprint density at radius 3 is 2.84 bits per heavy atom. The number of unbranched alkanes of at least 4 members (excludes halogenated alkanes) is 1. The lowest BCUT2D eigenvalue weighted by atomic mass is 10.2. The van der Waals surface area contributed by atoms with Gasteiger partial charge in [0.05, 0.1) is 11.9 Å². The molecule has 1 N–H and O–H groups in total. The average Bonchev–Trinajstić information content (AvgIpc) is 2.37. The van der Waals surface area contributed by atoms with E-state index in [0.717, 1.165) is 26.0 Å². The molecule has 0 aliphatic rings. The van der Waals surface area contributed by atoms with E-state index in [1.807, 2.05) is 13.8 Å². The van der Waals surface area contributed by atoms with Crippen LogP contribution in [-0.2, 0) is 11.3 Å². The van der Waals surface area contributed by atoms with Crippen LogP contribution in [0.3, 0.4) is 0 Å². The van der Waals surface area contributed by atoms with Gasteiger partial charge in [0, 0.05) is 26.8 Å². The number of hydrogen-bond donors (Lipinski definition) is 1. The summed E-state index contributed by atoms with van der Waals surface area (Å²) in [6, 6.07) is 0. The lowest BCUT2D eigenvalue weighted by Crippen LogP contribution is -2.26. The monoisotopic (exact) mass is 287 g/mol. The topological polar surface area (TPSA) is 56.1 Å². The minimum atomic E-state index is -0.239. The maximum Gasteiger partial charge on any atom is 0.287 e. The Labute approximate surface area is 118 Å². The second-order valence-electron chi connectivity index (χ2n) is 4.88. The maximum atomic E-state index is 12.0. The summed E-state index contributed by atoms with van der Waals surface area (Å²) in [6.45, 7) is 6.13. The minimum Gasteiger partial charge on any atom is -0.385 e. The third-order valence-electron chi connectivity index (χ3n) is 2.61. The fourth-order valence-electron chi connectivity index (χ4n) is 1.66. The molecule has 5 nitrogen and oxygen atoms in total. The molecule has 1 aromatic heterocycles. The zero-order valence-electron chi connectivity index (χ0n) is 11.8. The van der Waals surface area contributed by atoms with Gasteiger partial charge in [-0.05, 0) is 18.8 Å². The zero-order chi connectivity index (χ0) is 14.3. The number of anilines is 1. The molecule has 1 heterocycles. The fourth-order valence-corrected chi connectivity index (χ4v) is 1.87. The number of halogens is 1. The molecule has 0 radical (unpaired) electrons. The zero-order valence-corrected chi connectivity index (χ0v) is 12.5. The molecule has 0 unspecified atom stereocenters. The van der Waals surface area contributed by atoms with Gasteiger partial charge in [0.2, 0.25) is 0 Å². The molecule has 108 valence electrons. The summed E-state index contributed by atoms with van der Waals surface area (Å²) >= 11 is 6.06. The molecular weight excluding hydrogens is 266 g/mol. The van der Waals surface area contributed by atoms with Crippen molar-refractivity contribution in [3.8, 4) is 0 Å². The molecule has 0 aliphatic carbocycles. The molecule has 0 aromatic carbocycles.